The van der Waals surface area contributed by atoms with Crippen molar-refractivity contribution in [1.29, 1.82) is 0 Å². The van der Waals surface area contributed by atoms with Gasteiger partial charge >= 0.3 is 11.9 Å². The van der Waals surface area contributed by atoms with Crippen molar-refractivity contribution in [2.75, 3.05) is 13.2 Å². The third kappa shape index (κ3) is 9.82. The summed E-state index contributed by atoms with van der Waals surface area (Å²) in [5.41, 5.74) is 0. The summed E-state index contributed by atoms with van der Waals surface area (Å²) in [6, 6.07) is 0. The van der Waals surface area contributed by atoms with Crippen LogP contribution in [0.15, 0.2) is 12.2 Å². The highest BCUT2D eigenvalue weighted by atomic mass is 28.4. The molecule has 34 heavy (non-hydrogen) atoms. The summed E-state index contributed by atoms with van der Waals surface area (Å²) in [5, 5.41) is -0.0118. The molecule has 0 heterocycles. The monoisotopic (exact) mass is 496 g/mol. The molecule has 0 amide bonds. The standard InChI is InChI=1S/C26H44O7Si/c1-8-31-24(29)13-11-10-12-19(27)14-15-21-20(16-17-25(30)32-9-2)22(28)18-23(21)33-34(6,7)26(3,4)5/h14-15,20-21,23H,8-13,16-18H2,1-7H3/b15-14+/t20-,21+,23+/m0/s1. The van der Waals surface area contributed by atoms with Gasteiger partial charge in [-0.25, -0.2) is 0 Å². The highest BCUT2D eigenvalue weighted by Crippen LogP contribution is 2.43. The van der Waals surface area contributed by atoms with Crippen LogP contribution in [0, 0.1) is 11.8 Å². The zero-order valence-electron chi connectivity index (χ0n) is 22.1. The van der Waals surface area contributed by atoms with E-state index < -0.39 is 8.32 Å². The van der Waals surface area contributed by atoms with Crippen LogP contribution in [-0.2, 0) is 33.1 Å². The Bertz CT molecular complexity index is 736. The van der Waals surface area contributed by atoms with Gasteiger partial charge in [0.05, 0.1) is 19.3 Å². The second-order valence-corrected chi connectivity index (χ2v) is 15.2. The third-order valence-corrected chi connectivity index (χ3v) is 11.3. The molecule has 0 bridgehead atoms. The molecule has 7 nitrogen and oxygen atoms in total. The van der Waals surface area contributed by atoms with Crippen LogP contribution in [0.2, 0.25) is 18.1 Å². The van der Waals surface area contributed by atoms with E-state index in [4.69, 9.17) is 13.9 Å². The van der Waals surface area contributed by atoms with E-state index in [1.165, 1.54) is 0 Å². The Morgan fingerprint density at radius 2 is 1.53 bits per heavy atom. The van der Waals surface area contributed by atoms with Crippen LogP contribution in [0.3, 0.4) is 0 Å². The molecule has 1 rings (SSSR count). The van der Waals surface area contributed by atoms with Gasteiger partial charge in [-0.3, -0.25) is 19.2 Å². The van der Waals surface area contributed by atoms with Crippen molar-refractivity contribution in [3.63, 3.8) is 0 Å². The van der Waals surface area contributed by atoms with Crippen LogP contribution < -0.4 is 0 Å². The van der Waals surface area contributed by atoms with Gasteiger partial charge in [-0.2, -0.15) is 0 Å². The number of hydrogen-bond acceptors (Lipinski definition) is 7. The van der Waals surface area contributed by atoms with Gasteiger partial charge in [0.2, 0.25) is 0 Å². The van der Waals surface area contributed by atoms with Crippen LogP contribution in [0.1, 0.15) is 79.6 Å². The van der Waals surface area contributed by atoms with Crippen molar-refractivity contribution in [3.8, 4) is 0 Å². The molecule has 1 aliphatic rings. The van der Waals surface area contributed by atoms with E-state index in [0.29, 0.717) is 51.7 Å². The highest BCUT2D eigenvalue weighted by Gasteiger charge is 2.47. The number of carbonyl (C=O) groups is 4. The smallest absolute Gasteiger partial charge is 0.305 e. The summed E-state index contributed by atoms with van der Waals surface area (Å²) in [6.45, 7) is 14.9. The van der Waals surface area contributed by atoms with Crippen molar-refractivity contribution in [3.05, 3.63) is 12.2 Å². The Morgan fingerprint density at radius 3 is 2.09 bits per heavy atom. The maximum atomic E-state index is 12.9. The maximum absolute atomic E-state index is 12.9. The van der Waals surface area contributed by atoms with Gasteiger partial charge in [-0.1, -0.05) is 26.8 Å². The lowest BCUT2D eigenvalue weighted by Crippen LogP contribution is -2.45. The summed E-state index contributed by atoms with van der Waals surface area (Å²) in [4.78, 5) is 48.7. The molecule has 0 unspecified atom stereocenters. The molecule has 0 radical (unpaired) electrons. The molecule has 0 saturated heterocycles. The average Bonchev–Trinajstić information content (AvgIpc) is 3.01. The third-order valence-electron chi connectivity index (χ3n) is 6.79. The van der Waals surface area contributed by atoms with Crippen molar-refractivity contribution in [2.24, 2.45) is 11.8 Å². The van der Waals surface area contributed by atoms with Gasteiger partial charge < -0.3 is 13.9 Å². The topological polar surface area (TPSA) is 96.0 Å². The lowest BCUT2D eigenvalue weighted by Gasteiger charge is -2.39. The van der Waals surface area contributed by atoms with Gasteiger partial charge in [0.25, 0.3) is 0 Å². The van der Waals surface area contributed by atoms with E-state index >= 15 is 0 Å². The highest BCUT2D eigenvalue weighted by molar-refractivity contribution is 6.74. The summed E-state index contributed by atoms with van der Waals surface area (Å²) in [5.74, 6) is -1.15. The Labute approximate surface area is 206 Å². The second-order valence-electron chi connectivity index (χ2n) is 10.5. The molecule has 0 aromatic carbocycles. The molecule has 1 saturated carbocycles. The minimum absolute atomic E-state index is 0.0118. The van der Waals surface area contributed by atoms with E-state index in [-0.39, 0.29) is 52.9 Å². The lowest BCUT2D eigenvalue weighted by molar-refractivity contribution is -0.144. The number of hydrogen-bond donors (Lipinski definition) is 0. The first-order valence-electron chi connectivity index (χ1n) is 12.5. The number of unbranched alkanes of at least 4 members (excludes halogenated alkanes) is 1. The van der Waals surface area contributed by atoms with Crippen LogP contribution >= 0.6 is 0 Å². The van der Waals surface area contributed by atoms with E-state index in [2.05, 4.69) is 33.9 Å². The number of Topliss-reactive ketones (excluding diaryl/α,β-unsaturated/α-hetero) is 1. The molecule has 1 aliphatic carbocycles. The van der Waals surface area contributed by atoms with Gasteiger partial charge in [0.15, 0.2) is 14.1 Å². The summed E-state index contributed by atoms with van der Waals surface area (Å²) >= 11 is 0. The van der Waals surface area contributed by atoms with Gasteiger partial charge in [-0.15, -0.1) is 0 Å². The molecule has 0 aromatic rings. The number of allylic oxidation sites excluding steroid dienone is 1. The number of ether oxygens (including phenoxy) is 2. The Kier molecular flexibility index (Phi) is 12.4. The molecule has 3 atom stereocenters. The Hall–Kier alpha value is -1.80. The fraction of sp³-hybridized carbons (Fsp3) is 0.769. The van der Waals surface area contributed by atoms with Crippen LogP contribution in [-0.4, -0.2) is 51.1 Å². The summed E-state index contributed by atoms with van der Waals surface area (Å²) in [7, 11) is -2.13. The summed E-state index contributed by atoms with van der Waals surface area (Å²) in [6.07, 6.45) is 5.75. The van der Waals surface area contributed by atoms with Crippen LogP contribution in [0.4, 0.5) is 0 Å². The molecule has 0 aromatic heterocycles. The van der Waals surface area contributed by atoms with Crippen LogP contribution in [0.25, 0.3) is 0 Å². The Balaban J connectivity index is 2.87. The molecule has 8 heteroatoms. The van der Waals surface area contributed by atoms with Gasteiger partial charge in [0.1, 0.15) is 5.78 Å². The van der Waals surface area contributed by atoms with E-state index in [1.807, 2.05) is 6.08 Å². The average molecular weight is 497 g/mol. The van der Waals surface area contributed by atoms with E-state index in [9.17, 15) is 19.2 Å². The van der Waals surface area contributed by atoms with E-state index in [0.717, 1.165) is 0 Å². The first kappa shape index (κ1) is 30.2. The molecule has 0 spiro atoms. The van der Waals surface area contributed by atoms with Crippen molar-refractivity contribution >= 4 is 31.8 Å². The van der Waals surface area contributed by atoms with Crippen molar-refractivity contribution in [2.45, 2.75) is 104 Å². The molecular formula is C26H44O7Si. The van der Waals surface area contributed by atoms with E-state index in [1.54, 1.807) is 19.9 Å². The Morgan fingerprint density at radius 1 is 0.971 bits per heavy atom. The number of carbonyl (C=O) groups excluding carboxylic acids is 4. The molecule has 0 aliphatic heterocycles. The SMILES string of the molecule is CCOC(=O)CCCCC(=O)/C=C/[C@@H]1[C@H](CCC(=O)OCC)C(=O)C[C@H]1O[Si](C)(C)C(C)(C)C. The zero-order chi connectivity index (χ0) is 25.9. The molecule has 1 fully saturated rings. The zero-order valence-corrected chi connectivity index (χ0v) is 23.1. The van der Waals surface area contributed by atoms with Crippen LogP contribution in [0.5, 0.6) is 0 Å². The maximum Gasteiger partial charge on any atom is 0.305 e. The minimum atomic E-state index is -2.13. The predicted octanol–water partition coefficient (Wildman–Crippen LogP) is 5.17. The fourth-order valence-electron chi connectivity index (χ4n) is 3.86. The fourth-order valence-corrected chi connectivity index (χ4v) is 5.21. The predicted molar refractivity (Wildman–Crippen MR) is 134 cm³/mol. The van der Waals surface area contributed by atoms with Gasteiger partial charge in [0, 0.05) is 37.5 Å². The first-order valence-corrected chi connectivity index (χ1v) is 15.5. The largest absolute Gasteiger partial charge is 0.466 e. The number of rotatable bonds is 14. The van der Waals surface area contributed by atoms with Gasteiger partial charge in [-0.05, 0) is 57.3 Å². The molecule has 194 valence electrons. The number of esters is 2. The number of ketones is 2. The van der Waals surface area contributed by atoms with Crippen molar-refractivity contribution < 1.29 is 33.1 Å². The normalized spacial score (nSPS) is 21.1. The molecule has 0 N–H and O–H groups in total. The quantitative estimate of drug-likeness (QED) is 0.142. The first-order chi connectivity index (χ1) is 15.8. The lowest BCUT2D eigenvalue weighted by atomic mass is 9.89. The summed E-state index contributed by atoms with van der Waals surface area (Å²) < 4.78 is 16.5. The minimum Gasteiger partial charge on any atom is -0.466 e. The second kappa shape index (κ2) is 13.9. The van der Waals surface area contributed by atoms with Crippen molar-refractivity contribution in [1.82, 2.24) is 0 Å². The molecular weight excluding hydrogens is 452 g/mol.